The summed E-state index contributed by atoms with van der Waals surface area (Å²) < 4.78 is 10.3. The van der Waals surface area contributed by atoms with Crippen LogP contribution in [0, 0.1) is 6.92 Å². The second kappa shape index (κ2) is 7.05. The number of benzene rings is 1. The highest BCUT2D eigenvalue weighted by atomic mass is 16.6. The van der Waals surface area contributed by atoms with Crippen molar-refractivity contribution in [3.8, 4) is 0 Å². The van der Waals surface area contributed by atoms with Gasteiger partial charge in [-0.15, -0.1) is 0 Å². The van der Waals surface area contributed by atoms with Crippen molar-refractivity contribution in [2.75, 3.05) is 32.8 Å². The first-order valence-electron chi connectivity index (χ1n) is 8.24. The normalized spacial score (nSPS) is 15.7. The summed E-state index contributed by atoms with van der Waals surface area (Å²) in [7, 11) is 0. The minimum Gasteiger partial charge on any atom is -0.450 e. The van der Waals surface area contributed by atoms with Gasteiger partial charge in [-0.05, 0) is 31.5 Å². The average Bonchev–Trinajstić information content (AvgIpc) is 2.56. The highest BCUT2D eigenvalue weighted by molar-refractivity contribution is 5.80. The van der Waals surface area contributed by atoms with Crippen LogP contribution >= 0.6 is 0 Å². The molecular weight excluding hydrogens is 308 g/mol. The zero-order valence-electron chi connectivity index (χ0n) is 14.1. The number of fused-ring (bicyclic) bond motifs is 1. The minimum absolute atomic E-state index is 0.251. The zero-order chi connectivity index (χ0) is 17.1. The van der Waals surface area contributed by atoms with Crippen molar-refractivity contribution in [1.82, 2.24) is 9.80 Å². The smallest absolute Gasteiger partial charge is 0.409 e. The molecule has 1 fully saturated rings. The lowest BCUT2D eigenvalue weighted by Crippen LogP contribution is -2.48. The van der Waals surface area contributed by atoms with Gasteiger partial charge in [0.2, 0.25) is 0 Å². The number of hydrogen-bond acceptors (Lipinski definition) is 5. The first-order valence-corrected chi connectivity index (χ1v) is 8.24. The van der Waals surface area contributed by atoms with E-state index >= 15 is 0 Å². The molecule has 0 bridgehead atoms. The van der Waals surface area contributed by atoms with Crippen LogP contribution in [-0.4, -0.2) is 48.7 Å². The maximum Gasteiger partial charge on any atom is 0.409 e. The van der Waals surface area contributed by atoms with Gasteiger partial charge in [0.05, 0.1) is 6.61 Å². The van der Waals surface area contributed by atoms with Crippen LogP contribution in [0.5, 0.6) is 0 Å². The molecule has 1 saturated heterocycles. The SMILES string of the molecule is CCOC(=O)N1CCN(Cc2cc(=O)oc3ccc(C)cc23)CC1. The minimum atomic E-state index is -0.327. The molecule has 0 N–H and O–H groups in total. The number of ether oxygens (including phenoxy) is 1. The Bertz CT molecular complexity index is 791. The number of rotatable bonds is 3. The van der Waals surface area contributed by atoms with Gasteiger partial charge >= 0.3 is 11.7 Å². The summed E-state index contributed by atoms with van der Waals surface area (Å²) in [5.41, 5.74) is 2.39. The molecular formula is C18H22N2O4. The molecule has 24 heavy (non-hydrogen) atoms. The molecule has 0 aliphatic carbocycles. The van der Waals surface area contributed by atoms with Gasteiger partial charge in [-0.2, -0.15) is 0 Å². The fourth-order valence-corrected chi connectivity index (χ4v) is 3.02. The van der Waals surface area contributed by atoms with Gasteiger partial charge in [-0.25, -0.2) is 9.59 Å². The Labute approximate surface area is 140 Å². The lowest BCUT2D eigenvalue weighted by atomic mass is 10.1. The van der Waals surface area contributed by atoms with Crippen LogP contribution in [0.25, 0.3) is 11.0 Å². The Kier molecular flexibility index (Phi) is 4.85. The number of hydrogen-bond donors (Lipinski definition) is 0. The van der Waals surface area contributed by atoms with Gasteiger partial charge in [0, 0.05) is 44.2 Å². The van der Waals surface area contributed by atoms with Crippen LogP contribution < -0.4 is 5.63 Å². The van der Waals surface area contributed by atoms with E-state index < -0.39 is 0 Å². The molecule has 128 valence electrons. The second-order valence-electron chi connectivity index (χ2n) is 6.05. The van der Waals surface area contributed by atoms with E-state index in [1.54, 1.807) is 11.0 Å². The van der Waals surface area contributed by atoms with Crippen LogP contribution in [-0.2, 0) is 11.3 Å². The number of aryl methyl sites for hydroxylation is 1. The van der Waals surface area contributed by atoms with Gasteiger partial charge in [-0.3, -0.25) is 4.90 Å². The third-order valence-electron chi connectivity index (χ3n) is 4.28. The summed E-state index contributed by atoms with van der Waals surface area (Å²) >= 11 is 0. The molecule has 0 radical (unpaired) electrons. The first-order chi connectivity index (χ1) is 11.6. The molecule has 0 unspecified atom stereocenters. The van der Waals surface area contributed by atoms with E-state index in [-0.39, 0.29) is 11.7 Å². The fraction of sp³-hybridized carbons (Fsp3) is 0.444. The van der Waals surface area contributed by atoms with E-state index in [1.807, 2.05) is 32.0 Å². The number of piperazine rings is 1. The van der Waals surface area contributed by atoms with E-state index in [0.717, 1.165) is 29.6 Å². The molecule has 3 rings (SSSR count). The monoisotopic (exact) mass is 330 g/mol. The molecule has 1 aromatic heterocycles. The van der Waals surface area contributed by atoms with E-state index in [4.69, 9.17) is 9.15 Å². The Morgan fingerprint density at radius 3 is 2.67 bits per heavy atom. The molecule has 1 aromatic carbocycles. The topological polar surface area (TPSA) is 63.0 Å². The van der Waals surface area contributed by atoms with Crippen molar-refractivity contribution in [3.05, 3.63) is 45.8 Å². The number of amides is 1. The van der Waals surface area contributed by atoms with E-state index in [0.29, 0.717) is 31.8 Å². The van der Waals surface area contributed by atoms with Gasteiger partial charge in [0.15, 0.2) is 0 Å². The van der Waals surface area contributed by atoms with E-state index in [2.05, 4.69) is 4.90 Å². The van der Waals surface area contributed by atoms with Crippen molar-refractivity contribution in [1.29, 1.82) is 0 Å². The summed E-state index contributed by atoms with van der Waals surface area (Å²) in [6.45, 7) is 7.67. The molecule has 2 aromatic rings. The first kappa shape index (κ1) is 16.5. The highest BCUT2D eigenvalue weighted by Gasteiger charge is 2.22. The number of carbonyl (C=O) groups excluding carboxylic acids is 1. The van der Waals surface area contributed by atoms with Crippen molar-refractivity contribution in [3.63, 3.8) is 0 Å². The van der Waals surface area contributed by atoms with Crippen LogP contribution in [0.1, 0.15) is 18.1 Å². The van der Waals surface area contributed by atoms with Crippen molar-refractivity contribution in [2.45, 2.75) is 20.4 Å². The van der Waals surface area contributed by atoms with Crippen molar-refractivity contribution in [2.24, 2.45) is 0 Å². The van der Waals surface area contributed by atoms with Crippen LogP contribution in [0.15, 0.2) is 33.5 Å². The van der Waals surface area contributed by atoms with Crippen LogP contribution in [0.2, 0.25) is 0 Å². The van der Waals surface area contributed by atoms with E-state index in [1.165, 1.54) is 0 Å². The lowest BCUT2D eigenvalue weighted by Gasteiger charge is -2.34. The van der Waals surface area contributed by atoms with Gasteiger partial charge in [0.1, 0.15) is 5.58 Å². The van der Waals surface area contributed by atoms with E-state index in [9.17, 15) is 9.59 Å². The molecule has 2 heterocycles. The van der Waals surface area contributed by atoms with Crippen LogP contribution in [0.3, 0.4) is 0 Å². The fourth-order valence-electron chi connectivity index (χ4n) is 3.02. The molecule has 0 spiro atoms. The molecule has 0 saturated carbocycles. The molecule has 1 aliphatic heterocycles. The predicted octanol–water partition coefficient (Wildman–Crippen LogP) is 2.38. The lowest BCUT2D eigenvalue weighted by molar-refractivity contribution is 0.0779. The quantitative estimate of drug-likeness (QED) is 0.809. The third-order valence-corrected chi connectivity index (χ3v) is 4.28. The molecule has 6 nitrogen and oxygen atoms in total. The predicted molar refractivity (Wildman–Crippen MR) is 91.1 cm³/mol. The molecule has 1 aliphatic rings. The summed E-state index contributed by atoms with van der Waals surface area (Å²) in [6.07, 6.45) is -0.251. The Balaban J connectivity index is 1.73. The maximum absolute atomic E-state index is 11.8. The Hall–Kier alpha value is -2.34. The summed E-state index contributed by atoms with van der Waals surface area (Å²) in [4.78, 5) is 27.5. The van der Waals surface area contributed by atoms with Gasteiger partial charge in [0.25, 0.3) is 0 Å². The van der Waals surface area contributed by atoms with Crippen molar-refractivity contribution < 1.29 is 13.9 Å². The molecule has 0 atom stereocenters. The Morgan fingerprint density at radius 2 is 1.96 bits per heavy atom. The van der Waals surface area contributed by atoms with Gasteiger partial charge < -0.3 is 14.1 Å². The van der Waals surface area contributed by atoms with Gasteiger partial charge in [-0.1, -0.05) is 11.6 Å². The summed E-state index contributed by atoms with van der Waals surface area (Å²) in [5, 5.41) is 0.974. The standard InChI is InChI=1S/C18H22N2O4/c1-3-23-18(22)20-8-6-19(7-9-20)12-14-11-17(21)24-16-5-4-13(2)10-15(14)16/h4-5,10-11H,3,6-9,12H2,1-2H3. The number of nitrogens with zero attached hydrogens (tertiary/aromatic N) is 2. The molecule has 1 amide bonds. The average molecular weight is 330 g/mol. The second-order valence-corrected chi connectivity index (χ2v) is 6.05. The third kappa shape index (κ3) is 3.59. The highest BCUT2D eigenvalue weighted by Crippen LogP contribution is 2.20. The maximum atomic E-state index is 11.8. The van der Waals surface area contributed by atoms with Crippen molar-refractivity contribution >= 4 is 17.1 Å². The Morgan fingerprint density at radius 1 is 1.21 bits per heavy atom. The van der Waals surface area contributed by atoms with Crippen LogP contribution in [0.4, 0.5) is 4.79 Å². The largest absolute Gasteiger partial charge is 0.450 e. The zero-order valence-corrected chi connectivity index (χ0v) is 14.1. The summed E-state index contributed by atoms with van der Waals surface area (Å²) in [5.74, 6) is 0. The number of carbonyl (C=O) groups is 1. The molecule has 6 heteroatoms. The summed E-state index contributed by atoms with van der Waals surface area (Å²) in [6, 6.07) is 7.39.